The molecule has 1 amide bonds. The van der Waals surface area contributed by atoms with Crippen LogP contribution in [-0.2, 0) is 11.3 Å². The predicted molar refractivity (Wildman–Crippen MR) is 120 cm³/mol. The zero-order valence-corrected chi connectivity index (χ0v) is 18.5. The summed E-state index contributed by atoms with van der Waals surface area (Å²) in [5.74, 6) is 0.674. The van der Waals surface area contributed by atoms with Crippen molar-refractivity contribution < 1.29 is 9.53 Å². The van der Waals surface area contributed by atoms with Crippen molar-refractivity contribution in [2.75, 3.05) is 13.2 Å². The first-order valence-corrected chi connectivity index (χ1v) is 10.1. The Balaban J connectivity index is 0.00000392. The van der Waals surface area contributed by atoms with Crippen LogP contribution in [0.1, 0.15) is 58.9 Å². The minimum Gasteiger partial charge on any atom is -0.483 e. The molecule has 0 radical (unpaired) electrons. The number of ether oxygens (including phenoxy) is 1. The number of benzene rings is 2. The van der Waals surface area contributed by atoms with Gasteiger partial charge in [0.05, 0.1) is 0 Å². The molecule has 0 fully saturated rings. The lowest BCUT2D eigenvalue weighted by Crippen LogP contribution is -2.43. The summed E-state index contributed by atoms with van der Waals surface area (Å²) in [5.41, 5.74) is 0.860. The van der Waals surface area contributed by atoms with Crippen LogP contribution in [0, 0.1) is 0 Å². The number of nitrogens with one attached hydrogen (secondary N) is 2. The second-order valence-electron chi connectivity index (χ2n) is 8.09. The minimum absolute atomic E-state index is 0. The van der Waals surface area contributed by atoms with Gasteiger partial charge in [-0.15, -0.1) is 12.4 Å². The molecule has 5 heteroatoms. The van der Waals surface area contributed by atoms with Crippen LogP contribution in [0.25, 0.3) is 10.8 Å². The summed E-state index contributed by atoms with van der Waals surface area (Å²) in [5, 5.41) is 8.84. The van der Waals surface area contributed by atoms with Crippen LogP contribution in [0.3, 0.4) is 0 Å². The third-order valence-corrected chi connectivity index (χ3v) is 4.38. The first-order valence-electron chi connectivity index (χ1n) is 10.1. The summed E-state index contributed by atoms with van der Waals surface area (Å²) in [6, 6.07) is 12.3. The van der Waals surface area contributed by atoms with Crippen molar-refractivity contribution in [3.05, 3.63) is 42.0 Å². The molecule has 0 aliphatic rings. The molecule has 0 aliphatic heterocycles. The zero-order valence-electron chi connectivity index (χ0n) is 17.6. The molecule has 0 saturated heterocycles. The fourth-order valence-corrected chi connectivity index (χ4v) is 3.12. The van der Waals surface area contributed by atoms with Gasteiger partial charge < -0.3 is 15.4 Å². The number of amides is 1. The Hall–Kier alpha value is -1.78. The number of hydrogen-bond donors (Lipinski definition) is 2. The minimum atomic E-state index is -0.257. The van der Waals surface area contributed by atoms with Crippen LogP contribution in [0.15, 0.2) is 36.4 Å². The van der Waals surface area contributed by atoms with Gasteiger partial charge in [0.15, 0.2) is 6.61 Å². The standard InChI is InChI=1S/C23H34N2O2.ClH/c1-5-6-7-10-15-24-16-20-19-12-9-8-11-18(19)13-14-21(20)27-17-22(26)25-23(2,3)4;/h8-9,11-14,24H,5-7,10,15-17H2,1-4H3,(H,25,26);1H. The quantitative estimate of drug-likeness (QED) is 0.531. The highest BCUT2D eigenvalue weighted by Crippen LogP contribution is 2.28. The number of carbonyl (C=O) groups excluding carboxylic acids is 1. The molecular weight excluding hydrogens is 372 g/mol. The van der Waals surface area contributed by atoms with E-state index in [9.17, 15) is 4.79 Å². The van der Waals surface area contributed by atoms with E-state index in [1.807, 2.05) is 39.0 Å². The smallest absolute Gasteiger partial charge is 0.258 e. The topological polar surface area (TPSA) is 50.4 Å². The summed E-state index contributed by atoms with van der Waals surface area (Å²) in [7, 11) is 0. The largest absolute Gasteiger partial charge is 0.483 e. The van der Waals surface area contributed by atoms with Gasteiger partial charge in [0.25, 0.3) is 5.91 Å². The molecule has 0 bridgehead atoms. The van der Waals surface area contributed by atoms with Crippen molar-refractivity contribution in [3.63, 3.8) is 0 Å². The Kier molecular flexibility index (Phi) is 10.3. The predicted octanol–water partition coefficient (Wildman–Crippen LogP) is 5.23. The van der Waals surface area contributed by atoms with Crippen LogP contribution in [0.5, 0.6) is 5.75 Å². The van der Waals surface area contributed by atoms with Gasteiger partial charge >= 0.3 is 0 Å². The molecule has 2 rings (SSSR count). The van der Waals surface area contributed by atoms with E-state index < -0.39 is 0 Å². The molecule has 0 aromatic heterocycles. The van der Waals surface area contributed by atoms with E-state index in [2.05, 4.69) is 35.8 Å². The van der Waals surface area contributed by atoms with E-state index in [1.165, 1.54) is 36.5 Å². The molecule has 4 nitrogen and oxygen atoms in total. The maximum absolute atomic E-state index is 12.1. The zero-order chi connectivity index (χ0) is 19.7. The Morgan fingerprint density at radius 1 is 1.04 bits per heavy atom. The maximum Gasteiger partial charge on any atom is 0.258 e. The Morgan fingerprint density at radius 3 is 2.50 bits per heavy atom. The van der Waals surface area contributed by atoms with Crippen LogP contribution in [-0.4, -0.2) is 24.6 Å². The van der Waals surface area contributed by atoms with Crippen LogP contribution in [0.2, 0.25) is 0 Å². The van der Waals surface area contributed by atoms with Gasteiger partial charge in [0, 0.05) is 17.6 Å². The molecule has 2 aromatic rings. The van der Waals surface area contributed by atoms with E-state index in [1.54, 1.807) is 0 Å². The summed E-state index contributed by atoms with van der Waals surface area (Å²) in [4.78, 5) is 12.1. The summed E-state index contributed by atoms with van der Waals surface area (Å²) >= 11 is 0. The van der Waals surface area contributed by atoms with Gasteiger partial charge in [-0.25, -0.2) is 0 Å². The molecule has 156 valence electrons. The van der Waals surface area contributed by atoms with Crippen molar-refractivity contribution in [2.24, 2.45) is 0 Å². The summed E-state index contributed by atoms with van der Waals surface area (Å²) in [6.07, 6.45) is 4.98. The highest BCUT2D eigenvalue weighted by atomic mass is 35.5. The normalized spacial score (nSPS) is 11.1. The van der Waals surface area contributed by atoms with Gasteiger partial charge in [0.2, 0.25) is 0 Å². The van der Waals surface area contributed by atoms with Crippen molar-refractivity contribution >= 4 is 29.1 Å². The maximum atomic E-state index is 12.1. The number of unbranched alkanes of at least 4 members (excludes halogenated alkanes) is 3. The second-order valence-corrected chi connectivity index (χ2v) is 8.09. The van der Waals surface area contributed by atoms with Crippen molar-refractivity contribution in [1.29, 1.82) is 0 Å². The molecule has 2 aromatic carbocycles. The Morgan fingerprint density at radius 2 is 1.79 bits per heavy atom. The van der Waals surface area contributed by atoms with Crippen molar-refractivity contribution in [1.82, 2.24) is 10.6 Å². The molecule has 2 N–H and O–H groups in total. The fourth-order valence-electron chi connectivity index (χ4n) is 3.12. The van der Waals surface area contributed by atoms with E-state index >= 15 is 0 Å². The molecule has 28 heavy (non-hydrogen) atoms. The van der Waals surface area contributed by atoms with Gasteiger partial charge in [0.1, 0.15) is 5.75 Å². The number of carbonyl (C=O) groups is 1. The van der Waals surface area contributed by atoms with E-state index in [4.69, 9.17) is 4.74 Å². The van der Waals surface area contributed by atoms with E-state index in [-0.39, 0.29) is 30.5 Å². The SMILES string of the molecule is CCCCCCNCc1c(OCC(=O)NC(C)(C)C)ccc2ccccc12.Cl. The number of hydrogen-bond acceptors (Lipinski definition) is 3. The second kappa shape index (κ2) is 11.9. The molecule has 0 spiro atoms. The lowest BCUT2D eigenvalue weighted by molar-refractivity contribution is -0.124. The molecule has 0 aliphatic carbocycles. The lowest BCUT2D eigenvalue weighted by Gasteiger charge is -2.21. The van der Waals surface area contributed by atoms with Crippen LogP contribution < -0.4 is 15.4 Å². The summed E-state index contributed by atoms with van der Waals surface area (Å²) in [6.45, 7) is 9.89. The van der Waals surface area contributed by atoms with E-state index in [0.29, 0.717) is 0 Å². The van der Waals surface area contributed by atoms with Gasteiger partial charge in [-0.1, -0.05) is 56.5 Å². The van der Waals surface area contributed by atoms with E-state index in [0.717, 1.165) is 24.4 Å². The lowest BCUT2D eigenvalue weighted by atomic mass is 10.0. The van der Waals surface area contributed by atoms with Gasteiger partial charge in [-0.05, 0) is 50.6 Å². The number of halogens is 1. The first kappa shape index (κ1) is 24.3. The Bertz CT molecular complexity index is 741. The third-order valence-electron chi connectivity index (χ3n) is 4.38. The highest BCUT2D eigenvalue weighted by Gasteiger charge is 2.15. The highest BCUT2D eigenvalue weighted by molar-refractivity contribution is 5.88. The first-order chi connectivity index (χ1) is 12.9. The molecule has 0 saturated carbocycles. The van der Waals surface area contributed by atoms with Gasteiger partial charge in [-0.2, -0.15) is 0 Å². The Labute approximate surface area is 175 Å². The van der Waals surface area contributed by atoms with Crippen molar-refractivity contribution in [2.45, 2.75) is 65.5 Å². The summed E-state index contributed by atoms with van der Waals surface area (Å²) < 4.78 is 5.90. The fraction of sp³-hybridized carbons (Fsp3) is 0.522. The average molecular weight is 407 g/mol. The number of rotatable bonds is 10. The van der Waals surface area contributed by atoms with Gasteiger partial charge in [-0.3, -0.25) is 4.79 Å². The monoisotopic (exact) mass is 406 g/mol. The van der Waals surface area contributed by atoms with Crippen LogP contribution >= 0.6 is 12.4 Å². The molecule has 0 unspecified atom stereocenters. The number of fused-ring (bicyclic) bond motifs is 1. The molecule has 0 atom stereocenters. The van der Waals surface area contributed by atoms with Crippen LogP contribution in [0.4, 0.5) is 0 Å². The molecular formula is C23H35ClN2O2. The third kappa shape index (κ3) is 8.07. The van der Waals surface area contributed by atoms with Crippen molar-refractivity contribution in [3.8, 4) is 5.75 Å². The molecule has 0 heterocycles. The average Bonchev–Trinajstić information content (AvgIpc) is 2.62.